The quantitative estimate of drug-likeness (QED) is 0.839. The molecular weight excluding hydrogens is 274 g/mol. The van der Waals surface area contributed by atoms with Crippen LogP contribution in [0.5, 0.6) is 0 Å². The summed E-state index contributed by atoms with van der Waals surface area (Å²) < 4.78 is 26.4. The first-order valence-electron chi connectivity index (χ1n) is 7.50. The summed E-state index contributed by atoms with van der Waals surface area (Å²) >= 11 is 0. The van der Waals surface area contributed by atoms with Crippen LogP contribution in [0.3, 0.4) is 0 Å². The average molecular weight is 296 g/mol. The average Bonchev–Trinajstić information content (AvgIpc) is 2.72. The molecule has 21 heavy (non-hydrogen) atoms. The predicted octanol–water partition coefficient (Wildman–Crippen LogP) is 2.88. The molecule has 2 rings (SSSR count). The largest absolute Gasteiger partial charge is 0.351 e. The molecule has 116 valence electrons. The van der Waals surface area contributed by atoms with Gasteiger partial charge in [-0.1, -0.05) is 31.7 Å². The Hall–Kier alpha value is -1.49. The lowest BCUT2D eigenvalue weighted by Crippen LogP contribution is -2.45. The van der Waals surface area contributed by atoms with Crippen LogP contribution in [0.25, 0.3) is 0 Å². The monoisotopic (exact) mass is 296 g/mol. The van der Waals surface area contributed by atoms with Crippen molar-refractivity contribution in [2.75, 3.05) is 6.54 Å². The fourth-order valence-electron chi connectivity index (χ4n) is 2.96. The van der Waals surface area contributed by atoms with Crippen LogP contribution in [0.2, 0.25) is 0 Å². The van der Waals surface area contributed by atoms with Crippen molar-refractivity contribution in [1.82, 2.24) is 5.32 Å². The van der Waals surface area contributed by atoms with E-state index in [9.17, 15) is 13.6 Å². The van der Waals surface area contributed by atoms with Gasteiger partial charge in [0.15, 0.2) is 0 Å². The number of nitrogens with two attached hydrogens (primary N) is 1. The molecule has 1 aliphatic rings. The van der Waals surface area contributed by atoms with E-state index >= 15 is 0 Å². The fourth-order valence-corrected chi connectivity index (χ4v) is 2.96. The molecule has 0 bridgehead atoms. The highest BCUT2D eigenvalue weighted by molar-refractivity contribution is 5.82. The highest BCUT2D eigenvalue weighted by atomic mass is 19.1. The third-order valence-corrected chi connectivity index (χ3v) is 4.39. The molecule has 1 aromatic rings. The standard InChI is InChI=1S/C16H22F2N2O/c17-13-6-5-12(14(18)9-13)10-20-15(21)16(11-19)7-3-1-2-4-8-16/h5-6,9H,1-4,7-8,10-11,19H2,(H,20,21). The number of carbonyl (C=O) groups is 1. The van der Waals surface area contributed by atoms with Gasteiger partial charge in [0.05, 0.1) is 5.41 Å². The summed E-state index contributed by atoms with van der Waals surface area (Å²) in [5.41, 5.74) is 5.59. The molecular formula is C16H22F2N2O. The highest BCUT2D eigenvalue weighted by Gasteiger charge is 2.36. The number of amides is 1. The predicted molar refractivity (Wildman–Crippen MR) is 77.4 cm³/mol. The topological polar surface area (TPSA) is 55.1 Å². The van der Waals surface area contributed by atoms with Crippen LogP contribution in [-0.2, 0) is 11.3 Å². The zero-order valence-electron chi connectivity index (χ0n) is 12.1. The van der Waals surface area contributed by atoms with Crippen molar-refractivity contribution in [3.8, 4) is 0 Å². The van der Waals surface area contributed by atoms with E-state index in [4.69, 9.17) is 5.73 Å². The van der Waals surface area contributed by atoms with Gasteiger partial charge in [-0.05, 0) is 18.9 Å². The second-order valence-electron chi connectivity index (χ2n) is 5.82. The SMILES string of the molecule is NCC1(C(=O)NCc2ccc(F)cc2F)CCCCCC1. The summed E-state index contributed by atoms with van der Waals surface area (Å²) in [6, 6.07) is 3.37. The maximum atomic E-state index is 13.6. The number of halogens is 2. The van der Waals surface area contributed by atoms with Gasteiger partial charge >= 0.3 is 0 Å². The van der Waals surface area contributed by atoms with Crippen molar-refractivity contribution < 1.29 is 13.6 Å². The molecule has 1 aliphatic carbocycles. The third-order valence-electron chi connectivity index (χ3n) is 4.39. The van der Waals surface area contributed by atoms with Crippen LogP contribution in [0.4, 0.5) is 8.78 Å². The maximum Gasteiger partial charge on any atom is 0.227 e. The number of benzene rings is 1. The van der Waals surface area contributed by atoms with Gasteiger partial charge in [0.1, 0.15) is 11.6 Å². The Labute approximate surface area is 123 Å². The van der Waals surface area contributed by atoms with Gasteiger partial charge in [0.2, 0.25) is 5.91 Å². The molecule has 0 unspecified atom stereocenters. The van der Waals surface area contributed by atoms with E-state index in [1.54, 1.807) is 0 Å². The summed E-state index contributed by atoms with van der Waals surface area (Å²) in [4.78, 5) is 12.5. The molecule has 0 atom stereocenters. The molecule has 5 heteroatoms. The van der Waals surface area contributed by atoms with Gasteiger partial charge in [-0.2, -0.15) is 0 Å². The van der Waals surface area contributed by atoms with E-state index in [-0.39, 0.29) is 18.0 Å². The van der Waals surface area contributed by atoms with Gasteiger partial charge in [0, 0.05) is 24.7 Å². The minimum absolute atomic E-state index is 0.0622. The molecule has 1 saturated carbocycles. The minimum atomic E-state index is -0.641. The molecule has 0 heterocycles. The maximum absolute atomic E-state index is 13.6. The van der Waals surface area contributed by atoms with Crippen molar-refractivity contribution in [1.29, 1.82) is 0 Å². The zero-order chi connectivity index (χ0) is 15.3. The second-order valence-corrected chi connectivity index (χ2v) is 5.82. The normalized spacial score (nSPS) is 18.0. The van der Waals surface area contributed by atoms with E-state index in [1.807, 2.05) is 0 Å². The molecule has 0 saturated heterocycles. The summed E-state index contributed by atoms with van der Waals surface area (Å²) in [5.74, 6) is -1.38. The van der Waals surface area contributed by atoms with Crippen LogP contribution in [0, 0.1) is 17.0 Å². The molecule has 3 nitrogen and oxygen atoms in total. The smallest absolute Gasteiger partial charge is 0.227 e. The molecule has 0 aromatic heterocycles. The Balaban J connectivity index is 2.02. The third kappa shape index (κ3) is 3.79. The Morgan fingerprint density at radius 2 is 1.86 bits per heavy atom. The molecule has 3 N–H and O–H groups in total. The van der Waals surface area contributed by atoms with Gasteiger partial charge in [-0.3, -0.25) is 4.79 Å². The van der Waals surface area contributed by atoms with Crippen LogP contribution < -0.4 is 11.1 Å². The lowest BCUT2D eigenvalue weighted by Gasteiger charge is -2.29. The lowest BCUT2D eigenvalue weighted by molar-refractivity contribution is -0.131. The lowest BCUT2D eigenvalue weighted by atomic mass is 9.79. The van der Waals surface area contributed by atoms with Gasteiger partial charge < -0.3 is 11.1 Å². The summed E-state index contributed by atoms with van der Waals surface area (Å²) in [7, 11) is 0. The molecule has 0 radical (unpaired) electrons. The van der Waals surface area contributed by atoms with Gasteiger partial charge in [-0.15, -0.1) is 0 Å². The number of hydrogen-bond donors (Lipinski definition) is 2. The van der Waals surface area contributed by atoms with Gasteiger partial charge in [0.25, 0.3) is 0 Å². The number of carbonyl (C=O) groups excluding carboxylic acids is 1. The van der Waals surface area contributed by atoms with E-state index in [1.165, 1.54) is 12.1 Å². The van der Waals surface area contributed by atoms with Crippen molar-refractivity contribution in [2.45, 2.75) is 45.1 Å². The molecule has 0 aliphatic heterocycles. The summed E-state index contributed by atoms with van der Waals surface area (Å²) in [5, 5.41) is 2.77. The first kappa shape index (κ1) is 15.9. The van der Waals surface area contributed by atoms with E-state index in [0.717, 1.165) is 44.6 Å². The fraction of sp³-hybridized carbons (Fsp3) is 0.562. The van der Waals surface area contributed by atoms with Crippen molar-refractivity contribution in [2.24, 2.45) is 11.1 Å². The van der Waals surface area contributed by atoms with Crippen LogP contribution in [-0.4, -0.2) is 12.5 Å². The van der Waals surface area contributed by atoms with Gasteiger partial charge in [-0.25, -0.2) is 8.78 Å². The van der Waals surface area contributed by atoms with Crippen molar-refractivity contribution in [3.63, 3.8) is 0 Å². The minimum Gasteiger partial charge on any atom is -0.351 e. The molecule has 1 aromatic carbocycles. The van der Waals surface area contributed by atoms with E-state index in [0.29, 0.717) is 6.54 Å². The first-order chi connectivity index (χ1) is 10.1. The van der Waals surface area contributed by atoms with Crippen LogP contribution in [0.1, 0.15) is 44.1 Å². The highest BCUT2D eigenvalue weighted by Crippen LogP contribution is 2.34. The Morgan fingerprint density at radius 1 is 1.19 bits per heavy atom. The number of rotatable bonds is 4. The Bertz CT molecular complexity index is 497. The zero-order valence-corrected chi connectivity index (χ0v) is 12.1. The summed E-state index contributed by atoms with van der Waals surface area (Å²) in [6.07, 6.45) is 5.80. The Kier molecular flexibility index (Phi) is 5.28. The van der Waals surface area contributed by atoms with Crippen molar-refractivity contribution >= 4 is 5.91 Å². The van der Waals surface area contributed by atoms with Crippen molar-refractivity contribution in [3.05, 3.63) is 35.4 Å². The molecule has 1 amide bonds. The van der Waals surface area contributed by atoms with Crippen LogP contribution in [0.15, 0.2) is 18.2 Å². The molecule has 0 spiro atoms. The van der Waals surface area contributed by atoms with E-state index < -0.39 is 17.0 Å². The number of hydrogen-bond acceptors (Lipinski definition) is 2. The van der Waals surface area contributed by atoms with Crippen LogP contribution >= 0.6 is 0 Å². The number of nitrogens with one attached hydrogen (secondary N) is 1. The first-order valence-corrected chi connectivity index (χ1v) is 7.50. The molecule has 1 fully saturated rings. The second kappa shape index (κ2) is 6.98. The van der Waals surface area contributed by atoms with E-state index in [2.05, 4.69) is 5.32 Å². The Morgan fingerprint density at radius 3 is 2.43 bits per heavy atom. The summed E-state index contributed by atoms with van der Waals surface area (Å²) in [6.45, 7) is 0.372.